The third kappa shape index (κ3) is 8.58. The Bertz CT molecular complexity index is 2250. The van der Waals surface area contributed by atoms with E-state index < -0.39 is 27.7 Å². The molecule has 1 fully saturated rings. The van der Waals surface area contributed by atoms with E-state index in [2.05, 4.69) is 46.7 Å². The molecule has 7 rings (SSSR count). The van der Waals surface area contributed by atoms with Crippen molar-refractivity contribution in [2.24, 2.45) is 11.8 Å². The molecule has 0 bridgehead atoms. The Morgan fingerprint density at radius 3 is 2.50 bits per heavy atom. The van der Waals surface area contributed by atoms with E-state index in [-0.39, 0.29) is 43.3 Å². The molecule has 2 aromatic carbocycles. The van der Waals surface area contributed by atoms with Gasteiger partial charge in [0.15, 0.2) is 0 Å². The minimum atomic E-state index is -2.32. The van der Waals surface area contributed by atoms with Gasteiger partial charge in [-0.05, 0) is 66.2 Å². The van der Waals surface area contributed by atoms with Crippen molar-refractivity contribution in [2.75, 3.05) is 0 Å². The third-order valence-corrected chi connectivity index (χ3v) is 10.4. The smallest absolute Gasteiger partial charge is 0.216 e. The fraction of sp³-hybridized carbons (Fsp3) is 0.357. The van der Waals surface area contributed by atoms with E-state index in [0.717, 1.165) is 58.5 Å². The molecule has 4 aromatic heterocycles. The standard InChI is InChI=1S/C24H23N2O.C18H24NSi.Ir/c1-16-10-11-20-19-8-5-9-21(23(19)27-24(20)26-16)22-15-18(12-13-25-22)14-17-6-3-2-4-7-17;1-14(2)11-16-12-17(15-9-7-6-8-10-15)19-13-18(16)20(3,4)5;/h5,8,10-13,15,17H,2-4,6-7,14H2,1H3;6-9,12-14H,11H2,1-5H3;/q2*-1;/i1D3,14D2;11D2;. The van der Waals surface area contributed by atoms with Crippen molar-refractivity contribution in [1.29, 1.82) is 0 Å². The molecular weight excluding hydrogens is 783 g/mol. The Morgan fingerprint density at radius 1 is 0.938 bits per heavy atom. The summed E-state index contributed by atoms with van der Waals surface area (Å²) in [4.78, 5) is 13.3. The van der Waals surface area contributed by atoms with Crippen LogP contribution < -0.4 is 5.19 Å². The van der Waals surface area contributed by atoms with Crippen molar-refractivity contribution in [3.05, 3.63) is 108 Å². The first-order valence-corrected chi connectivity index (χ1v) is 20.1. The summed E-state index contributed by atoms with van der Waals surface area (Å²) in [6.07, 6.45) is 5.83. The maximum atomic E-state index is 8.80. The largest absolute Gasteiger partial charge is 0.486 e. The minimum Gasteiger partial charge on any atom is -0.486 e. The van der Waals surface area contributed by atoms with E-state index in [1.165, 1.54) is 12.5 Å². The first-order valence-electron chi connectivity index (χ1n) is 20.1. The van der Waals surface area contributed by atoms with Gasteiger partial charge in [-0.25, -0.2) is 4.98 Å². The molecule has 1 aliphatic rings. The topological polar surface area (TPSA) is 51.8 Å². The Kier molecular flexibility index (Phi) is 9.04. The van der Waals surface area contributed by atoms with Crippen LogP contribution in [0, 0.1) is 30.8 Å². The molecular formula is C42H47IrN3OSi-2. The van der Waals surface area contributed by atoms with Gasteiger partial charge in [0.25, 0.3) is 0 Å². The Labute approximate surface area is 311 Å². The number of nitrogens with zero attached hydrogens (tertiary/aromatic N) is 3. The summed E-state index contributed by atoms with van der Waals surface area (Å²) in [7, 11) is -1.67. The van der Waals surface area contributed by atoms with Crippen LogP contribution in [0.3, 0.4) is 0 Å². The second-order valence-corrected chi connectivity index (χ2v) is 18.6. The summed E-state index contributed by atoms with van der Waals surface area (Å²) in [5.74, 6) is -0.0856. The molecule has 0 unspecified atom stereocenters. The van der Waals surface area contributed by atoms with E-state index in [0.29, 0.717) is 22.4 Å². The molecule has 0 N–H and O–H groups in total. The minimum absolute atomic E-state index is 0. The Balaban J connectivity index is 0.000000222. The second-order valence-electron chi connectivity index (χ2n) is 13.6. The number of benzene rings is 2. The molecule has 0 atom stereocenters. The van der Waals surface area contributed by atoms with Crippen LogP contribution in [0.15, 0.2) is 83.5 Å². The zero-order chi connectivity index (χ0) is 39.1. The van der Waals surface area contributed by atoms with Crippen LogP contribution in [0.5, 0.6) is 0 Å². The van der Waals surface area contributed by atoms with Gasteiger partial charge in [-0.15, -0.1) is 54.1 Å². The van der Waals surface area contributed by atoms with Gasteiger partial charge in [0, 0.05) is 53.2 Å². The van der Waals surface area contributed by atoms with Gasteiger partial charge in [-0.3, -0.25) is 0 Å². The number of hydrogen-bond donors (Lipinski definition) is 0. The van der Waals surface area contributed by atoms with E-state index in [1.54, 1.807) is 30.5 Å². The summed E-state index contributed by atoms with van der Waals surface area (Å²) >= 11 is 0. The van der Waals surface area contributed by atoms with Gasteiger partial charge in [0.2, 0.25) is 5.71 Å². The fourth-order valence-corrected chi connectivity index (χ4v) is 7.54. The van der Waals surface area contributed by atoms with Gasteiger partial charge < -0.3 is 14.4 Å². The summed E-state index contributed by atoms with van der Waals surface area (Å²) < 4.78 is 63.5. The fourth-order valence-electron chi connectivity index (χ4n) is 6.14. The molecule has 251 valence electrons. The van der Waals surface area contributed by atoms with Crippen LogP contribution in [0.25, 0.3) is 44.6 Å². The predicted molar refractivity (Wildman–Crippen MR) is 199 cm³/mol. The van der Waals surface area contributed by atoms with Crippen molar-refractivity contribution in [2.45, 2.75) is 85.2 Å². The van der Waals surface area contributed by atoms with E-state index in [9.17, 15) is 0 Å². The average molecular weight is 837 g/mol. The molecule has 0 spiro atoms. The molecule has 4 heterocycles. The molecule has 6 aromatic rings. The molecule has 1 aliphatic carbocycles. The maximum absolute atomic E-state index is 8.80. The molecule has 48 heavy (non-hydrogen) atoms. The van der Waals surface area contributed by atoms with Crippen molar-refractivity contribution in [3.63, 3.8) is 0 Å². The van der Waals surface area contributed by atoms with Gasteiger partial charge in [0.05, 0.1) is 13.7 Å². The number of pyridine rings is 3. The van der Waals surface area contributed by atoms with Crippen LogP contribution in [0.4, 0.5) is 0 Å². The first-order chi connectivity index (χ1) is 25.4. The van der Waals surface area contributed by atoms with E-state index in [4.69, 9.17) is 14.0 Å². The van der Waals surface area contributed by atoms with Gasteiger partial charge in [0.1, 0.15) is 0 Å². The average Bonchev–Trinajstić information content (AvgIpc) is 3.53. The Morgan fingerprint density at radius 2 is 1.77 bits per heavy atom. The van der Waals surface area contributed by atoms with Crippen LogP contribution >= 0.6 is 0 Å². The summed E-state index contributed by atoms with van der Waals surface area (Å²) in [6, 6.07) is 26.4. The second kappa shape index (κ2) is 15.8. The number of rotatable bonds is 7. The molecule has 1 saturated carbocycles. The maximum Gasteiger partial charge on any atom is 0.216 e. The third-order valence-electron chi connectivity index (χ3n) is 8.43. The number of hydrogen-bond acceptors (Lipinski definition) is 4. The SMILES string of the molecule is [2H]C([2H])([2H])c1ccc2c(n1)oc1c(-c3cc(C([2H])([2H])C4CCCCC4)ccn3)[c-]ccc12.[2H]C([2H])(c1cc(-c2[c-]cccc2)ncc1[Si](C)(C)C)C(C)C.[Ir]. The number of aryl methyl sites for hydroxylation is 1. The summed E-state index contributed by atoms with van der Waals surface area (Å²) in [6.45, 7) is 8.25. The van der Waals surface area contributed by atoms with Gasteiger partial charge in [-0.1, -0.05) is 99.8 Å². The van der Waals surface area contributed by atoms with Crippen molar-refractivity contribution >= 4 is 35.3 Å². The zero-order valence-electron chi connectivity index (χ0n) is 35.3. The van der Waals surface area contributed by atoms with Crippen molar-refractivity contribution < 1.29 is 34.1 Å². The molecule has 6 heteroatoms. The summed E-state index contributed by atoms with van der Waals surface area (Å²) in [5.41, 5.74) is 5.04. The molecule has 0 aliphatic heterocycles. The molecule has 0 amide bonds. The van der Waals surface area contributed by atoms with Crippen LogP contribution in [-0.4, -0.2) is 23.0 Å². The predicted octanol–water partition coefficient (Wildman–Crippen LogP) is 10.6. The van der Waals surface area contributed by atoms with Crippen LogP contribution in [-0.2, 0) is 32.9 Å². The normalized spacial score (nSPS) is 16.8. The molecule has 4 nitrogen and oxygen atoms in total. The zero-order valence-corrected chi connectivity index (χ0v) is 31.7. The molecule has 1 radical (unpaired) electrons. The van der Waals surface area contributed by atoms with Gasteiger partial charge >= 0.3 is 0 Å². The van der Waals surface area contributed by atoms with Crippen LogP contribution in [0.2, 0.25) is 19.6 Å². The van der Waals surface area contributed by atoms with Crippen molar-refractivity contribution in [3.8, 4) is 22.5 Å². The number of aromatic nitrogens is 3. The van der Waals surface area contributed by atoms with Gasteiger partial charge in [-0.2, -0.15) is 0 Å². The number of fused-ring (bicyclic) bond motifs is 3. The first kappa shape index (κ1) is 27.4. The monoisotopic (exact) mass is 837 g/mol. The van der Waals surface area contributed by atoms with Crippen LogP contribution in [0.1, 0.15) is 72.4 Å². The van der Waals surface area contributed by atoms with E-state index >= 15 is 0 Å². The Hall–Kier alpha value is -3.44. The summed E-state index contributed by atoms with van der Waals surface area (Å²) in [5, 5.41) is 2.61. The molecule has 0 saturated heterocycles. The van der Waals surface area contributed by atoms with Crippen molar-refractivity contribution in [1.82, 2.24) is 15.0 Å². The quantitative estimate of drug-likeness (QED) is 0.119. The number of furan rings is 1. The van der Waals surface area contributed by atoms with E-state index in [1.807, 2.05) is 56.4 Å².